The van der Waals surface area contributed by atoms with Gasteiger partial charge in [0.25, 0.3) is 5.17 Å². The van der Waals surface area contributed by atoms with Crippen molar-refractivity contribution in [2.24, 2.45) is 0 Å². The predicted octanol–water partition coefficient (Wildman–Crippen LogP) is 5.54. The van der Waals surface area contributed by atoms with Gasteiger partial charge < -0.3 is 14.8 Å². The zero-order chi connectivity index (χ0) is 18.6. The fraction of sp³-hybridized carbons (Fsp3) is 0.316. The van der Waals surface area contributed by atoms with E-state index in [4.69, 9.17) is 21.7 Å². The van der Waals surface area contributed by atoms with Crippen LogP contribution in [0.5, 0.6) is 11.5 Å². The summed E-state index contributed by atoms with van der Waals surface area (Å²) in [6.07, 6.45) is 1.02. The zero-order valence-electron chi connectivity index (χ0n) is 14.7. The molecule has 0 atom stereocenters. The Morgan fingerprint density at radius 2 is 1.84 bits per heavy atom. The second kappa shape index (κ2) is 9.36. The SMILES string of the molecule is CCc1cc(C)c(OCc2c(I)ccc(C)c2OC(=S)NC)cc1I. The maximum absolute atomic E-state index is 6.14. The summed E-state index contributed by atoms with van der Waals surface area (Å²) in [5.74, 6) is 1.67. The monoisotopic (exact) mass is 581 g/mol. The van der Waals surface area contributed by atoms with Gasteiger partial charge in [0.05, 0.1) is 0 Å². The Bertz CT molecular complexity index is 793. The standard InChI is InChI=1S/C19H21I2NO2S/c1-5-13-8-12(3)17(9-16(13)21)23-10-14-15(20)7-6-11(2)18(14)24-19(25)22-4/h6-9H,5,10H2,1-4H3,(H,22,25). The summed E-state index contributed by atoms with van der Waals surface area (Å²) in [7, 11) is 1.75. The Morgan fingerprint density at radius 3 is 2.48 bits per heavy atom. The molecule has 0 aliphatic rings. The van der Waals surface area contributed by atoms with E-state index in [0.717, 1.165) is 38.2 Å². The van der Waals surface area contributed by atoms with Crippen LogP contribution in [-0.4, -0.2) is 12.2 Å². The molecule has 6 heteroatoms. The smallest absolute Gasteiger partial charge is 0.261 e. The molecule has 0 spiro atoms. The van der Waals surface area contributed by atoms with E-state index in [0.29, 0.717) is 11.8 Å². The second-order valence-corrected chi connectivity index (χ2v) is 8.36. The third-order valence-corrected chi connectivity index (χ3v) is 6.20. The Hall–Kier alpha value is -0.610. The first-order chi connectivity index (χ1) is 11.9. The molecule has 134 valence electrons. The maximum atomic E-state index is 6.14. The summed E-state index contributed by atoms with van der Waals surface area (Å²) < 4.78 is 14.3. The highest BCUT2D eigenvalue weighted by Crippen LogP contribution is 2.31. The Labute approximate surface area is 182 Å². The Morgan fingerprint density at radius 1 is 1.12 bits per heavy atom. The van der Waals surface area contributed by atoms with E-state index in [2.05, 4.69) is 82.5 Å². The van der Waals surface area contributed by atoms with E-state index < -0.39 is 0 Å². The van der Waals surface area contributed by atoms with Crippen molar-refractivity contribution >= 4 is 62.6 Å². The Balaban J connectivity index is 2.30. The summed E-state index contributed by atoms with van der Waals surface area (Å²) in [4.78, 5) is 0. The average Bonchev–Trinajstić information content (AvgIpc) is 2.59. The van der Waals surface area contributed by atoms with Gasteiger partial charge in [0.1, 0.15) is 18.1 Å². The zero-order valence-corrected chi connectivity index (χ0v) is 19.8. The van der Waals surface area contributed by atoms with Gasteiger partial charge in [0, 0.05) is 19.8 Å². The third kappa shape index (κ3) is 5.19. The minimum atomic E-state index is 0.351. The second-order valence-electron chi connectivity index (χ2n) is 5.66. The molecule has 3 nitrogen and oxygen atoms in total. The number of thiocarbonyl (C=S) groups is 1. The summed E-state index contributed by atoms with van der Waals surface area (Å²) in [6.45, 7) is 6.70. The van der Waals surface area contributed by atoms with Crippen LogP contribution in [0.25, 0.3) is 0 Å². The lowest BCUT2D eigenvalue weighted by molar-refractivity contribution is 0.298. The normalized spacial score (nSPS) is 10.5. The summed E-state index contributed by atoms with van der Waals surface area (Å²) in [6, 6.07) is 8.41. The molecule has 2 rings (SSSR count). The minimum absolute atomic E-state index is 0.351. The van der Waals surface area contributed by atoms with Crippen LogP contribution in [0.2, 0.25) is 0 Å². The first kappa shape index (κ1) is 20.7. The molecule has 0 saturated carbocycles. The highest BCUT2D eigenvalue weighted by molar-refractivity contribution is 14.1. The van der Waals surface area contributed by atoms with E-state index in [9.17, 15) is 0 Å². The molecule has 0 aliphatic heterocycles. The lowest BCUT2D eigenvalue weighted by atomic mass is 10.1. The quantitative estimate of drug-likeness (QED) is 0.372. The van der Waals surface area contributed by atoms with Gasteiger partial charge in [-0.3, -0.25) is 0 Å². The molecule has 0 aliphatic carbocycles. The van der Waals surface area contributed by atoms with E-state index in [1.54, 1.807) is 7.05 Å². The van der Waals surface area contributed by atoms with Gasteiger partial charge in [-0.25, -0.2) is 0 Å². The lowest BCUT2D eigenvalue weighted by Crippen LogP contribution is -2.23. The molecule has 0 unspecified atom stereocenters. The topological polar surface area (TPSA) is 30.5 Å². The minimum Gasteiger partial charge on any atom is -0.488 e. The fourth-order valence-electron chi connectivity index (χ4n) is 2.44. The van der Waals surface area contributed by atoms with Crippen LogP contribution < -0.4 is 14.8 Å². The molecule has 25 heavy (non-hydrogen) atoms. The van der Waals surface area contributed by atoms with Crippen LogP contribution in [-0.2, 0) is 13.0 Å². The first-order valence-corrected chi connectivity index (χ1v) is 10.5. The van der Waals surface area contributed by atoms with Crippen molar-refractivity contribution in [3.05, 3.63) is 53.7 Å². The van der Waals surface area contributed by atoms with Crippen LogP contribution >= 0.6 is 57.4 Å². The van der Waals surface area contributed by atoms with Crippen molar-refractivity contribution in [3.63, 3.8) is 0 Å². The number of benzene rings is 2. The largest absolute Gasteiger partial charge is 0.488 e. The first-order valence-electron chi connectivity index (χ1n) is 7.96. The highest BCUT2D eigenvalue weighted by atomic mass is 127. The molecule has 0 aromatic heterocycles. The van der Waals surface area contributed by atoms with E-state index >= 15 is 0 Å². The van der Waals surface area contributed by atoms with E-state index in [-0.39, 0.29) is 0 Å². The van der Waals surface area contributed by atoms with Crippen molar-refractivity contribution in [2.45, 2.75) is 33.8 Å². The van der Waals surface area contributed by atoms with E-state index in [1.165, 1.54) is 9.13 Å². The van der Waals surface area contributed by atoms with Crippen LogP contribution in [0.4, 0.5) is 0 Å². The van der Waals surface area contributed by atoms with Crippen LogP contribution in [0, 0.1) is 21.0 Å². The van der Waals surface area contributed by atoms with Gasteiger partial charge in [-0.15, -0.1) is 0 Å². The van der Waals surface area contributed by atoms with Crippen molar-refractivity contribution in [1.29, 1.82) is 0 Å². The number of ether oxygens (including phenoxy) is 2. The number of aryl methyl sites for hydroxylation is 3. The van der Waals surface area contributed by atoms with Crippen molar-refractivity contribution in [2.75, 3.05) is 7.05 Å². The molecule has 0 amide bonds. The number of nitrogens with one attached hydrogen (secondary N) is 1. The van der Waals surface area contributed by atoms with Gasteiger partial charge in [-0.1, -0.05) is 19.1 Å². The van der Waals surface area contributed by atoms with Gasteiger partial charge in [-0.05, 0) is 106 Å². The number of hydrogen-bond donors (Lipinski definition) is 1. The molecule has 0 fully saturated rings. The molecule has 0 heterocycles. The highest BCUT2D eigenvalue weighted by Gasteiger charge is 2.15. The summed E-state index contributed by atoms with van der Waals surface area (Å²) in [5, 5.41) is 3.21. The van der Waals surface area contributed by atoms with Crippen LogP contribution in [0.15, 0.2) is 24.3 Å². The van der Waals surface area contributed by atoms with Crippen molar-refractivity contribution in [1.82, 2.24) is 5.32 Å². The van der Waals surface area contributed by atoms with Gasteiger partial charge in [-0.2, -0.15) is 0 Å². The van der Waals surface area contributed by atoms with Crippen LogP contribution in [0.1, 0.15) is 29.2 Å². The Kier molecular flexibility index (Phi) is 7.75. The molecular weight excluding hydrogens is 560 g/mol. The fourth-order valence-corrected chi connectivity index (χ4v) is 3.92. The van der Waals surface area contributed by atoms with Gasteiger partial charge in [0.2, 0.25) is 0 Å². The lowest BCUT2D eigenvalue weighted by Gasteiger charge is -2.17. The number of hydrogen-bond acceptors (Lipinski definition) is 3. The van der Waals surface area contributed by atoms with Gasteiger partial charge in [0.15, 0.2) is 0 Å². The molecule has 0 bridgehead atoms. The van der Waals surface area contributed by atoms with E-state index in [1.807, 2.05) is 13.0 Å². The predicted molar refractivity (Wildman–Crippen MR) is 124 cm³/mol. The maximum Gasteiger partial charge on any atom is 0.261 e. The molecule has 2 aromatic carbocycles. The average molecular weight is 581 g/mol. The summed E-state index contributed by atoms with van der Waals surface area (Å²) >= 11 is 9.84. The number of rotatable bonds is 5. The van der Waals surface area contributed by atoms with Crippen molar-refractivity contribution < 1.29 is 9.47 Å². The van der Waals surface area contributed by atoms with Crippen LogP contribution in [0.3, 0.4) is 0 Å². The third-order valence-electron chi connectivity index (χ3n) is 3.90. The summed E-state index contributed by atoms with van der Waals surface area (Å²) in [5.41, 5.74) is 4.53. The molecule has 1 N–H and O–H groups in total. The number of halogens is 2. The van der Waals surface area contributed by atoms with Crippen molar-refractivity contribution in [3.8, 4) is 11.5 Å². The molecular formula is C19H21I2NO2S. The molecule has 0 radical (unpaired) electrons. The molecule has 2 aromatic rings. The van der Waals surface area contributed by atoms with Gasteiger partial charge >= 0.3 is 0 Å². The molecule has 0 saturated heterocycles.